The zero-order valence-corrected chi connectivity index (χ0v) is 13.4. The summed E-state index contributed by atoms with van der Waals surface area (Å²) in [6.45, 7) is 2.02. The van der Waals surface area contributed by atoms with Crippen LogP contribution in [0.3, 0.4) is 0 Å². The number of carbonyl (C=O) groups is 3. The fourth-order valence-corrected chi connectivity index (χ4v) is 2.58. The van der Waals surface area contributed by atoms with Gasteiger partial charge in [0.25, 0.3) is 0 Å². The molecule has 1 saturated heterocycles. The molecule has 1 aromatic rings. The van der Waals surface area contributed by atoms with Gasteiger partial charge in [0.1, 0.15) is 0 Å². The number of ketones is 1. The van der Waals surface area contributed by atoms with Crippen LogP contribution < -0.4 is 11.1 Å². The van der Waals surface area contributed by atoms with Crippen LogP contribution in [0.5, 0.6) is 0 Å². The number of amides is 2. The molecule has 10 heteroatoms. The molecule has 132 valence electrons. The van der Waals surface area contributed by atoms with Gasteiger partial charge in [-0.15, -0.1) is 0 Å². The third-order valence-corrected chi connectivity index (χ3v) is 3.86. The number of carboxylic acids is 1. The van der Waals surface area contributed by atoms with E-state index in [0.717, 1.165) is 6.42 Å². The van der Waals surface area contributed by atoms with Crippen molar-refractivity contribution >= 4 is 17.8 Å². The summed E-state index contributed by atoms with van der Waals surface area (Å²) in [5, 5.41) is 14.9. The Bertz CT molecular complexity index is 616. The highest BCUT2D eigenvalue weighted by Gasteiger charge is 2.31. The number of rotatable bonds is 7. The highest BCUT2D eigenvalue weighted by Crippen LogP contribution is 2.18. The van der Waals surface area contributed by atoms with Gasteiger partial charge >= 0.3 is 12.0 Å². The molecule has 0 radical (unpaired) electrons. The molecule has 0 bridgehead atoms. The maximum Gasteiger partial charge on any atom is 0.318 e. The zero-order chi connectivity index (χ0) is 17.7. The Morgan fingerprint density at radius 2 is 2.25 bits per heavy atom. The van der Waals surface area contributed by atoms with Gasteiger partial charge in [0, 0.05) is 13.0 Å². The van der Waals surface area contributed by atoms with Gasteiger partial charge in [-0.25, -0.2) is 4.79 Å². The number of aliphatic carboxylic acids is 1. The monoisotopic (exact) mass is 339 g/mol. The van der Waals surface area contributed by atoms with E-state index >= 15 is 0 Å². The lowest BCUT2D eigenvalue weighted by Gasteiger charge is -2.22. The summed E-state index contributed by atoms with van der Waals surface area (Å²) in [6.07, 6.45) is 1.56. The van der Waals surface area contributed by atoms with Crippen LogP contribution in [-0.4, -0.2) is 50.5 Å². The molecular weight excluding hydrogens is 318 g/mol. The lowest BCUT2D eigenvalue weighted by atomic mass is 10.1. The van der Waals surface area contributed by atoms with Crippen LogP contribution in [-0.2, 0) is 16.1 Å². The molecule has 2 atom stereocenters. The molecule has 2 rings (SSSR count). The highest BCUT2D eigenvalue weighted by atomic mass is 16.5. The molecule has 0 aliphatic carbocycles. The van der Waals surface area contributed by atoms with Gasteiger partial charge in [-0.05, 0) is 26.2 Å². The molecule has 10 nitrogen and oxygen atoms in total. The fourth-order valence-electron chi connectivity index (χ4n) is 2.58. The lowest BCUT2D eigenvalue weighted by molar-refractivity contribution is -0.137. The summed E-state index contributed by atoms with van der Waals surface area (Å²) in [5.74, 6) is -0.620. The minimum atomic E-state index is -0.952. The van der Waals surface area contributed by atoms with Crippen molar-refractivity contribution in [3.05, 3.63) is 11.7 Å². The molecule has 2 amide bonds. The van der Waals surface area contributed by atoms with Gasteiger partial charge in [-0.2, -0.15) is 4.98 Å². The first-order valence-electron chi connectivity index (χ1n) is 7.73. The third kappa shape index (κ3) is 4.51. The number of Topliss-reactive ketones (excluding diaryl/α,β-unsaturated/α-hetero) is 1. The first-order chi connectivity index (χ1) is 11.4. The number of nitrogens with two attached hydrogens (primary N) is 1. The number of hydrogen-bond acceptors (Lipinski definition) is 7. The minimum Gasteiger partial charge on any atom is -0.481 e. The van der Waals surface area contributed by atoms with Crippen molar-refractivity contribution in [1.82, 2.24) is 20.4 Å². The predicted octanol–water partition coefficient (Wildman–Crippen LogP) is 0.197. The van der Waals surface area contributed by atoms with E-state index in [1.807, 2.05) is 0 Å². The average Bonchev–Trinajstić information content (AvgIpc) is 3.19. The first-order valence-corrected chi connectivity index (χ1v) is 7.73. The molecule has 1 fully saturated rings. The van der Waals surface area contributed by atoms with Gasteiger partial charge in [0.05, 0.1) is 18.6 Å². The number of urea groups is 1. The summed E-state index contributed by atoms with van der Waals surface area (Å²) in [7, 11) is 0. The second kappa shape index (κ2) is 7.86. The third-order valence-electron chi connectivity index (χ3n) is 3.86. The Labute approximate surface area is 138 Å². The zero-order valence-electron chi connectivity index (χ0n) is 13.4. The van der Waals surface area contributed by atoms with E-state index in [9.17, 15) is 14.4 Å². The molecule has 1 aliphatic heterocycles. The molecule has 1 aromatic heterocycles. The molecular formula is C14H21N5O5. The highest BCUT2D eigenvalue weighted by molar-refractivity contribution is 5.87. The van der Waals surface area contributed by atoms with Crippen molar-refractivity contribution in [3.63, 3.8) is 0 Å². The summed E-state index contributed by atoms with van der Waals surface area (Å²) in [6, 6.07) is -1.38. The topological polar surface area (TPSA) is 152 Å². The van der Waals surface area contributed by atoms with Crippen LogP contribution in [0, 0.1) is 0 Å². The van der Waals surface area contributed by atoms with E-state index in [2.05, 4.69) is 15.5 Å². The minimum absolute atomic E-state index is 0.0125. The summed E-state index contributed by atoms with van der Waals surface area (Å²) >= 11 is 0. The van der Waals surface area contributed by atoms with Crippen molar-refractivity contribution in [2.45, 2.75) is 51.2 Å². The second-order valence-corrected chi connectivity index (χ2v) is 5.71. The maximum atomic E-state index is 12.1. The largest absolute Gasteiger partial charge is 0.481 e. The number of nitrogens with one attached hydrogen (secondary N) is 1. The fraction of sp³-hybridized carbons (Fsp3) is 0.643. The van der Waals surface area contributed by atoms with Crippen LogP contribution in [0.1, 0.15) is 50.4 Å². The van der Waals surface area contributed by atoms with Gasteiger partial charge in [-0.3, -0.25) is 9.59 Å². The number of aromatic nitrogens is 2. The number of carboxylic acid groups (broad SMARTS) is 1. The molecule has 0 aromatic carbocycles. The van der Waals surface area contributed by atoms with Crippen molar-refractivity contribution in [1.29, 1.82) is 0 Å². The lowest BCUT2D eigenvalue weighted by Crippen LogP contribution is -2.45. The van der Waals surface area contributed by atoms with Gasteiger partial charge in [0.2, 0.25) is 5.89 Å². The van der Waals surface area contributed by atoms with Crippen molar-refractivity contribution < 1.29 is 24.0 Å². The van der Waals surface area contributed by atoms with Crippen LogP contribution in [0.4, 0.5) is 4.79 Å². The Morgan fingerprint density at radius 3 is 2.92 bits per heavy atom. The van der Waals surface area contributed by atoms with Gasteiger partial charge in [0.15, 0.2) is 11.6 Å². The molecule has 4 N–H and O–H groups in total. The number of likely N-dealkylation sites (tertiary alicyclic amines) is 1. The van der Waals surface area contributed by atoms with Gasteiger partial charge < -0.3 is 25.6 Å². The average molecular weight is 339 g/mol. The predicted molar refractivity (Wildman–Crippen MR) is 80.7 cm³/mol. The Hall–Kier alpha value is -2.49. The van der Waals surface area contributed by atoms with Crippen LogP contribution in [0.2, 0.25) is 0 Å². The second-order valence-electron chi connectivity index (χ2n) is 5.71. The maximum absolute atomic E-state index is 12.1. The van der Waals surface area contributed by atoms with Crippen LogP contribution in [0.15, 0.2) is 4.52 Å². The van der Waals surface area contributed by atoms with E-state index in [4.69, 9.17) is 15.4 Å². The van der Waals surface area contributed by atoms with Crippen molar-refractivity contribution in [2.75, 3.05) is 6.54 Å². The SMILES string of the molecule is CC(=O)C1CCCN1C(=O)NCc1nc([C@@H](N)CCC(=O)O)no1. The molecule has 2 heterocycles. The van der Waals surface area contributed by atoms with Crippen molar-refractivity contribution in [2.24, 2.45) is 5.73 Å². The smallest absolute Gasteiger partial charge is 0.318 e. The summed E-state index contributed by atoms with van der Waals surface area (Å²) in [4.78, 5) is 39.7. The van der Waals surface area contributed by atoms with E-state index in [0.29, 0.717) is 13.0 Å². The van der Waals surface area contributed by atoms with Crippen LogP contribution >= 0.6 is 0 Å². The Kier molecular flexibility index (Phi) is 5.85. The molecule has 24 heavy (non-hydrogen) atoms. The molecule has 1 unspecified atom stereocenters. The molecule has 0 spiro atoms. The van der Waals surface area contributed by atoms with E-state index < -0.39 is 12.0 Å². The standard InChI is InChI=1S/C14H21N5O5/c1-8(20)10-3-2-6-19(10)14(23)16-7-11-17-13(18-24-11)9(15)4-5-12(21)22/h9-10H,2-7,15H2,1H3,(H,16,23)(H,21,22)/t9-,10?/m0/s1. The summed E-state index contributed by atoms with van der Waals surface area (Å²) in [5.41, 5.74) is 5.78. The Morgan fingerprint density at radius 1 is 1.50 bits per heavy atom. The van der Waals surface area contributed by atoms with Crippen molar-refractivity contribution in [3.8, 4) is 0 Å². The number of hydrogen-bond donors (Lipinski definition) is 3. The molecule has 1 aliphatic rings. The Balaban J connectivity index is 1.85. The quantitative estimate of drug-likeness (QED) is 0.637. The van der Waals surface area contributed by atoms with Gasteiger partial charge in [-0.1, -0.05) is 5.16 Å². The first kappa shape index (κ1) is 17.9. The number of nitrogens with zero attached hydrogens (tertiary/aromatic N) is 3. The van der Waals surface area contributed by atoms with Crippen LogP contribution in [0.25, 0.3) is 0 Å². The normalized spacial score (nSPS) is 18.4. The summed E-state index contributed by atoms with van der Waals surface area (Å²) < 4.78 is 4.99. The van der Waals surface area contributed by atoms with E-state index in [-0.39, 0.29) is 49.0 Å². The van der Waals surface area contributed by atoms with E-state index in [1.54, 1.807) is 0 Å². The van der Waals surface area contributed by atoms with E-state index in [1.165, 1.54) is 11.8 Å². The number of carbonyl (C=O) groups excluding carboxylic acids is 2. The molecule has 0 saturated carbocycles.